The first kappa shape index (κ1) is 18.6. The Hall–Kier alpha value is -2.19. The number of carbonyl (C=O) groups is 2. The number of carboxylic acid groups (broad SMARTS) is 1. The van der Waals surface area contributed by atoms with Crippen LogP contribution in [-0.4, -0.2) is 52.0 Å². The van der Waals surface area contributed by atoms with Crippen LogP contribution in [0.5, 0.6) is 0 Å². The Morgan fingerprint density at radius 1 is 1.35 bits per heavy atom. The molecular formula is C17H20ClN3O5. The molecular weight excluding hydrogens is 362 g/mol. The van der Waals surface area contributed by atoms with E-state index in [4.69, 9.17) is 16.7 Å². The van der Waals surface area contributed by atoms with Crippen LogP contribution in [0.3, 0.4) is 0 Å². The summed E-state index contributed by atoms with van der Waals surface area (Å²) in [5.41, 5.74) is -0.463. The molecule has 2 fully saturated rings. The number of nitrogens with one attached hydrogen (secondary N) is 1. The van der Waals surface area contributed by atoms with Gasteiger partial charge in [0.15, 0.2) is 0 Å². The predicted octanol–water partition coefficient (Wildman–Crippen LogP) is 2.31. The number of para-hydroxylation sites is 1. The third-order valence-corrected chi connectivity index (χ3v) is 5.21. The lowest BCUT2D eigenvalue weighted by Crippen LogP contribution is -2.55. The minimum Gasteiger partial charge on any atom is -0.480 e. The van der Waals surface area contributed by atoms with Crippen molar-refractivity contribution < 1.29 is 19.6 Å². The van der Waals surface area contributed by atoms with Crippen molar-refractivity contribution in [3.8, 4) is 0 Å². The Kier molecular flexibility index (Phi) is 5.43. The van der Waals surface area contributed by atoms with Crippen LogP contribution in [0.2, 0.25) is 5.02 Å². The summed E-state index contributed by atoms with van der Waals surface area (Å²) in [6.07, 6.45) is 3.56. The number of rotatable bonds is 8. The van der Waals surface area contributed by atoms with Gasteiger partial charge in [-0.1, -0.05) is 17.7 Å². The summed E-state index contributed by atoms with van der Waals surface area (Å²) in [4.78, 5) is 35.9. The number of aliphatic carboxylic acids is 1. The highest BCUT2D eigenvalue weighted by Gasteiger charge is 2.38. The molecule has 0 saturated heterocycles. The van der Waals surface area contributed by atoms with Gasteiger partial charge in [0.05, 0.1) is 11.5 Å². The summed E-state index contributed by atoms with van der Waals surface area (Å²) in [5.74, 6) is -0.806. The number of amides is 1. The monoisotopic (exact) mass is 381 g/mol. The van der Waals surface area contributed by atoms with Crippen molar-refractivity contribution in [1.29, 1.82) is 0 Å². The fourth-order valence-electron chi connectivity index (χ4n) is 3.30. The first-order chi connectivity index (χ1) is 12.3. The van der Waals surface area contributed by atoms with E-state index in [9.17, 15) is 19.7 Å². The van der Waals surface area contributed by atoms with Crippen LogP contribution < -0.4 is 5.32 Å². The molecule has 140 valence electrons. The third kappa shape index (κ3) is 4.31. The molecule has 9 heteroatoms. The normalized spacial score (nSPS) is 21.9. The standard InChI is InChI=1S/C17H20ClN3O5/c18-14-3-1-2-13(16(14)21(25)26)17(24)19-11-6-12(7-11)20(9-15(22)23)8-10-4-5-10/h1-3,10-12H,4-9H2,(H,19,24)(H,22,23). The fraction of sp³-hybridized carbons (Fsp3) is 0.529. The van der Waals surface area contributed by atoms with Crippen molar-refractivity contribution in [2.24, 2.45) is 5.92 Å². The lowest BCUT2D eigenvalue weighted by atomic mass is 9.85. The highest BCUT2D eigenvalue weighted by atomic mass is 35.5. The van der Waals surface area contributed by atoms with Crippen molar-refractivity contribution >= 4 is 29.2 Å². The highest BCUT2D eigenvalue weighted by molar-refractivity contribution is 6.33. The topological polar surface area (TPSA) is 113 Å². The SMILES string of the molecule is O=C(O)CN(CC1CC1)C1CC(NC(=O)c2cccc(Cl)c2[N+](=O)[O-])C1. The highest BCUT2D eigenvalue weighted by Crippen LogP contribution is 2.34. The van der Waals surface area contributed by atoms with Gasteiger partial charge in [0.2, 0.25) is 0 Å². The maximum Gasteiger partial charge on any atom is 0.317 e. The minimum absolute atomic E-state index is 0.00159. The second-order valence-corrected chi connectivity index (χ2v) is 7.36. The number of nitro groups is 1. The van der Waals surface area contributed by atoms with Crippen molar-refractivity contribution in [3.63, 3.8) is 0 Å². The van der Waals surface area contributed by atoms with Gasteiger partial charge < -0.3 is 10.4 Å². The van der Waals surface area contributed by atoms with E-state index in [0.29, 0.717) is 18.8 Å². The van der Waals surface area contributed by atoms with Gasteiger partial charge >= 0.3 is 11.7 Å². The van der Waals surface area contributed by atoms with Crippen LogP contribution in [0.1, 0.15) is 36.0 Å². The molecule has 26 heavy (non-hydrogen) atoms. The van der Waals surface area contributed by atoms with E-state index < -0.39 is 22.5 Å². The molecule has 0 spiro atoms. The summed E-state index contributed by atoms with van der Waals surface area (Å²) in [5, 5.41) is 22.9. The van der Waals surface area contributed by atoms with Gasteiger partial charge in [0.1, 0.15) is 10.6 Å². The Labute approximate surface area is 155 Å². The van der Waals surface area contributed by atoms with Crippen LogP contribution in [0.25, 0.3) is 0 Å². The lowest BCUT2D eigenvalue weighted by molar-refractivity contribution is -0.385. The summed E-state index contributed by atoms with van der Waals surface area (Å²) in [7, 11) is 0. The number of carbonyl (C=O) groups excluding carboxylic acids is 1. The molecule has 2 aliphatic rings. The first-order valence-electron chi connectivity index (χ1n) is 8.54. The number of carboxylic acids is 1. The molecule has 2 saturated carbocycles. The Morgan fingerprint density at radius 2 is 2.04 bits per heavy atom. The van der Waals surface area contributed by atoms with E-state index >= 15 is 0 Å². The number of benzene rings is 1. The second-order valence-electron chi connectivity index (χ2n) is 6.96. The molecule has 0 aliphatic heterocycles. The summed E-state index contributed by atoms with van der Waals surface area (Å²) in [6, 6.07) is 4.24. The zero-order valence-corrected chi connectivity index (χ0v) is 14.8. The molecule has 0 bridgehead atoms. The van der Waals surface area contributed by atoms with E-state index in [1.54, 1.807) is 0 Å². The van der Waals surface area contributed by atoms with Gasteiger partial charge in [-0.2, -0.15) is 0 Å². The van der Waals surface area contributed by atoms with Crippen molar-refractivity contribution in [2.45, 2.75) is 37.8 Å². The molecule has 1 aromatic rings. The maximum atomic E-state index is 12.4. The number of halogens is 1. The predicted molar refractivity (Wildman–Crippen MR) is 94.3 cm³/mol. The van der Waals surface area contributed by atoms with E-state index in [1.165, 1.54) is 18.2 Å². The molecule has 1 aromatic carbocycles. The Morgan fingerprint density at radius 3 is 2.62 bits per heavy atom. The van der Waals surface area contributed by atoms with Crippen molar-refractivity contribution in [2.75, 3.05) is 13.1 Å². The van der Waals surface area contributed by atoms with E-state index in [2.05, 4.69) is 5.32 Å². The van der Waals surface area contributed by atoms with Crippen molar-refractivity contribution in [3.05, 3.63) is 38.9 Å². The fourth-order valence-corrected chi connectivity index (χ4v) is 3.54. The number of nitrogens with zero attached hydrogens (tertiary/aromatic N) is 2. The molecule has 2 N–H and O–H groups in total. The van der Waals surface area contributed by atoms with Crippen molar-refractivity contribution in [1.82, 2.24) is 10.2 Å². The Bertz CT molecular complexity index is 731. The van der Waals surface area contributed by atoms with E-state index in [-0.39, 0.29) is 29.2 Å². The third-order valence-electron chi connectivity index (χ3n) is 4.91. The smallest absolute Gasteiger partial charge is 0.317 e. The number of hydrogen-bond acceptors (Lipinski definition) is 5. The molecule has 0 radical (unpaired) electrons. The molecule has 0 aromatic heterocycles. The van der Waals surface area contributed by atoms with E-state index in [0.717, 1.165) is 19.4 Å². The summed E-state index contributed by atoms with van der Waals surface area (Å²) >= 11 is 5.84. The molecule has 1 amide bonds. The minimum atomic E-state index is -0.854. The van der Waals surface area contributed by atoms with Crippen LogP contribution in [0, 0.1) is 16.0 Å². The molecule has 2 aliphatic carbocycles. The lowest BCUT2D eigenvalue weighted by Gasteiger charge is -2.42. The van der Waals surface area contributed by atoms with Crippen LogP contribution in [0.15, 0.2) is 18.2 Å². The number of hydrogen-bond donors (Lipinski definition) is 2. The van der Waals surface area contributed by atoms with Gasteiger partial charge in [-0.15, -0.1) is 0 Å². The number of nitro benzene ring substituents is 1. The summed E-state index contributed by atoms with van der Waals surface area (Å²) < 4.78 is 0. The molecule has 3 rings (SSSR count). The molecule has 0 heterocycles. The average Bonchev–Trinajstić information content (AvgIpc) is 3.32. The first-order valence-corrected chi connectivity index (χ1v) is 8.92. The zero-order valence-electron chi connectivity index (χ0n) is 14.1. The van der Waals surface area contributed by atoms with Gasteiger partial charge in [-0.3, -0.25) is 24.6 Å². The van der Waals surface area contributed by atoms with Gasteiger partial charge in [-0.05, 0) is 43.7 Å². The molecule has 0 unspecified atom stereocenters. The van der Waals surface area contributed by atoms with Crippen LogP contribution >= 0.6 is 11.6 Å². The maximum absolute atomic E-state index is 12.4. The van der Waals surface area contributed by atoms with Gasteiger partial charge in [-0.25, -0.2) is 0 Å². The van der Waals surface area contributed by atoms with Crippen LogP contribution in [-0.2, 0) is 4.79 Å². The summed E-state index contributed by atoms with van der Waals surface area (Å²) in [6.45, 7) is 0.777. The molecule has 8 nitrogen and oxygen atoms in total. The molecule has 0 atom stereocenters. The zero-order chi connectivity index (χ0) is 18.8. The average molecular weight is 382 g/mol. The largest absolute Gasteiger partial charge is 0.480 e. The Balaban J connectivity index is 1.58. The quantitative estimate of drug-likeness (QED) is 0.527. The van der Waals surface area contributed by atoms with Crippen LogP contribution in [0.4, 0.5) is 5.69 Å². The second kappa shape index (κ2) is 7.59. The van der Waals surface area contributed by atoms with Gasteiger partial charge in [0.25, 0.3) is 5.91 Å². The van der Waals surface area contributed by atoms with E-state index in [1.807, 2.05) is 4.90 Å². The van der Waals surface area contributed by atoms with Gasteiger partial charge in [0, 0.05) is 18.6 Å².